The molecule has 0 unspecified atom stereocenters. The van der Waals surface area contributed by atoms with Gasteiger partial charge in [0.25, 0.3) is 5.91 Å². The van der Waals surface area contributed by atoms with Gasteiger partial charge >= 0.3 is 6.18 Å². The second-order valence-corrected chi connectivity index (χ2v) is 7.70. The highest BCUT2D eigenvalue weighted by Crippen LogP contribution is 2.38. The first-order chi connectivity index (χ1) is 12.3. The zero-order valence-corrected chi connectivity index (χ0v) is 15.4. The Morgan fingerprint density at radius 2 is 1.81 bits per heavy atom. The molecule has 0 saturated heterocycles. The quantitative estimate of drug-likeness (QED) is 0.742. The smallest absolute Gasteiger partial charge is 0.417 e. The second-order valence-electron chi connectivity index (χ2n) is 5.54. The van der Waals surface area contributed by atoms with Crippen molar-refractivity contribution in [3.8, 4) is 11.5 Å². The van der Waals surface area contributed by atoms with Crippen molar-refractivity contribution in [2.45, 2.75) is 13.1 Å². The van der Waals surface area contributed by atoms with Gasteiger partial charge in [0.1, 0.15) is 17.3 Å². The van der Waals surface area contributed by atoms with E-state index in [0.717, 1.165) is 24.5 Å². The molecule has 1 N–H and O–H groups in total. The van der Waals surface area contributed by atoms with Crippen molar-refractivity contribution in [3.05, 3.63) is 57.9 Å². The molecule has 0 atom stereocenters. The van der Waals surface area contributed by atoms with Crippen LogP contribution in [0.5, 0.6) is 11.5 Å². The standard InChI is InChI=1S/C16H12ClF4NO4S/c1-8-5-10(15(23)22-27(2,24)25)13(18)7-14(8)26-9-3-4-12(17)11(6-9)16(19,20)21/h3-7H,1-2H3,(H,22,23). The molecule has 0 heterocycles. The minimum atomic E-state index is -4.70. The molecule has 0 aliphatic heterocycles. The maximum absolute atomic E-state index is 14.2. The zero-order valence-electron chi connectivity index (χ0n) is 13.8. The van der Waals surface area contributed by atoms with Crippen molar-refractivity contribution in [2.75, 3.05) is 6.26 Å². The molecule has 0 radical (unpaired) electrons. The normalized spacial score (nSPS) is 12.0. The number of aryl methyl sites for hydroxylation is 1. The van der Waals surface area contributed by atoms with Crippen molar-refractivity contribution in [2.24, 2.45) is 0 Å². The number of carbonyl (C=O) groups is 1. The lowest BCUT2D eigenvalue weighted by Crippen LogP contribution is -2.30. The summed E-state index contributed by atoms with van der Waals surface area (Å²) in [5.41, 5.74) is -1.49. The molecule has 2 aromatic carbocycles. The summed E-state index contributed by atoms with van der Waals surface area (Å²) in [7, 11) is -3.90. The molecule has 0 bridgehead atoms. The number of ether oxygens (including phenoxy) is 1. The summed E-state index contributed by atoms with van der Waals surface area (Å²) in [4.78, 5) is 11.8. The molecule has 27 heavy (non-hydrogen) atoms. The van der Waals surface area contributed by atoms with Crippen LogP contribution in [-0.2, 0) is 16.2 Å². The van der Waals surface area contributed by atoms with Crippen LogP contribution in [-0.4, -0.2) is 20.6 Å². The number of nitrogens with one attached hydrogen (secondary N) is 1. The van der Waals surface area contributed by atoms with E-state index in [2.05, 4.69) is 0 Å². The lowest BCUT2D eigenvalue weighted by atomic mass is 10.1. The van der Waals surface area contributed by atoms with Gasteiger partial charge in [0.15, 0.2) is 0 Å². The van der Waals surface area contributed by atoms with E-state index in [0.29, 0.717) is 6.07 Å². The van der Waals surface area contributed by atoms with E-state index in [9.17, 15) is 30.8 Å². The van der Waals surface area contributed by atoms with Crippen molar-refractivity contribution >= 4 is 27.5 Å². The van der Waals surface area contributed by atoms with Crippen LogP contribution in [0.4, 0.5) is 17.6 Å². The van der Waals surface area contributed by atoms with Crippen molar-refractivity contribution in [3.63, 3.8) is 0 Å². The molecular formula is C16H12ClF4NO4S. The van der Waals surface area contributed by atoms with Gasteiger partial charge in [-0.15, -0.1) is 0 Å². The van der Waals surface area contributed by atoms with Gasteiger partial charge in [-0.25, -0.2) is 17.5 Å². The predicted octanol–water partition coefficient (Wildman–Crippen LogP) is 4.29. The topological polar surface area (TPSA) is 72.5 Å². The lowest BCUT2D eigenvalue weighted by molar-refractivity contribution is -0.137. The molecule has 146 valence electrons. The third kappa shape index (κ3) is 5.33. The van der Waals surface area contributed by atoms with Crippen LogP contribution < -0.4 is 9.46 Å². The van der Waals surface area contributed by atoms with E-state index in [1.165, 1.54) is 13.0 Å². The molecule has 0 aliphatic rings. The fourth-order valence-corrected chi connectivity index (χ4v) is 2.75. The van der Waals surface area contributed by atoms with Crippen molar-refractivity contribution in [1.82, 2.24) is 4.72 Å². The molecule has 0 aliphatic carbocycles. The molecule has 0 spiro atoms. The molecule has 0 fully saturated rings. The summed E-state index contributed by atoms with van der Waals surface area (Å²) < 4.78 is 81.9. The minimum absolute atomic E-state index is 0.154. The SMILES string of the molecule is Cc1cc(C(=O)NS(C)(=O)=O)c(F)cc1Oc1ccc(Cl)c(C(F)(F)F)c1. The number of amides is 1. The van der Waals surface area contributed by atoms with Crippen LogP contribution in [0, 0.1) is 12.7 Å². The summed E-state index contributed by atoms with van der Waals surface area (Å²) in [6.07, 6.45) is -3.98. The summed E-state index contributed by atoms with van der Waals surface area (Å²) >= 11 is 5.52. The number of hydrogen-bond donors (Lipinski definition) is 1. The van der Waals surface area contributed by atoms with E-state index in [-0.39, 0.29) is 17.1 Å². The predicted molar refractivity (Wildman–Crippen MR) is 90.0 cm³/mol. The Kier molecular flexibility index (Phi) is 5.71. The highest BCUT2D eigenvalue weighted by Gasteiger charge is 2.33. The van der Waals surface area contributed by atoms with Crippen LogP contribution >= 0.6 is 11.6 Å². The number of rotatable bonds is 4. The van der Waals surface area contributed by atoms with Gasteiger partial charge in [-0.3, -0.25) is 4.79 Å². The van der Waals surface area contributed by atoms with Crippen molar-refractivity contribution < 1.29 is 35.5 Å². The lowest BCUT2D eigenvalue weighted by Gasteiger charge is -2.14. The molecular weight excluding hydrogens is 414 g/mol. The molecule has 2 rings (SSSR count). The van der Waals surface area contributed by atoms with E-state index in [1.807, 2.05) is 0 Å². The number of hydrogen-bond acceptors (Lipinski definition) is 4. The first-order valence-electron chi connectivity index (χ1n) is 7.15. The maximum Gasteiger partial charge on any atom is 0.417 e. The summed E-state index contributed by atoms with van der Waals surface area (Å²) in [5.74, 6) is -2.70. The first kappa shape index (κ1) is 21.0. The highest BCUT2D eigenvalue weighted by molar-refractivity contribution is 7.89. The molecule has 1 amide bonds. The second kappa shape index (κ2) is 7.35. The van der Waals surface area contributed by atoms with Gasteiger partial charge in [0.2, 0.25) is 10.0 Å². The molecule has 2 aromatic rings. The number of sulfonamides is 1. The van der Waals surface area contributed by atoms with E-state index in [1.54, 1.807) is 4.72 Å². The third-order valence-corrected chi connectivity index (χ3v) is 4.14. The Hall–Kier alpha value is -2.33. The monoisotopic (exact) mass is 425 g/mol. The van der Waals surface area contributed by atoms with Gasteiger partial charge in [0.05, 0.1) is 22.4 Å². The third-order valence-electron chi connectivity index (χ3n) is 3.26. The summed E-state index contributed by atoms with van der Waals surface area (Å²) in [6.45, 7) is 1.41. The van der Waals surface area contributed by atoms with Gasteiger partial charge < -0.3 is 4.74 Å². The van der Waals surface area contributed by atoms with Crippen LogP contribution in [0.2, 0.25) is 5.02 Å². The molecule has 5 nitrogen and oxygen atoms in total. The van der Waals surface area contributed by atoms with E-state index in [4.69, 9.17) is 16.3 Å². The molecule has 11 heteroatoms. The largest absolute Gasteiger partial charge is 0.457 e. The Balaban J connectivity index is 2.36. The van der Waals surface area contributed by atoms with Gasteiger partial charge in [0, 0.05) is 6.07 Å². The Bertz CT molecular complexity index is 1010. The molecule has 0 aromatic heterocycles. The number of benzene rings is 2. The number of alkyl halides is 3. The minimum Gasteiger partial charge on any atom is -0.457 e. The number of carbonyl (C=O) groups excluding carboxylic acids is 1. The fourth-order valence-electron chi connectivity index (χ4n) is 2.08. The summed E-state index contributed by atoms with van der Waals surface area (Å²) in [6, 6.07) is 4.60. The van der Waals surface area contributed by atoms with Crippen LogP contribution in [0.3, 0.4) is 0 Å². The Morgan fingerprint density at radius 1 is 1.19 bits per heavy atom. The van der Waals surface area contributed by atoms with Crippen LogP contribution in [0.25, 0.3) is 0 Å². The summed E-state index contributed by atoms with van der Waals surface area (Å²) in [5, 5.41) is -0.523. The van der Waals surface area contributed by atoms with Gasteiger partial charge in [-0.05, 0) is 36.8 Å². The van der Waals surface area contributed by atoms with Gasteiger partial charge in [-0.1, -0.05) is 11.6 Å². The van der Waals surface area contributed by atoms with Gasteiger partial charge in [-0.2, -0.15) is 13.2 Å². The average molecular weight is 426 g/mol. The average Bonchev–Trinajstić information content (AvgIpc) is 2.49. The zero-order chi connectivity index (χ0) is 20.6. The maximum atomic E-state index is 14.2. The van der Waals surface area contributed by atoms with E-state index >= 15 is 0 Å². The van der Waals surface area contributed by atoms with E-state index < -0.39 is 44.1 Å². The highest BCUT2D eigenvalue weighted by atomic mass is 35.5. The van der Waals surface area contributed by atoms with Crippen LogP contribution in [0.15, 0.2) is 30.3 Å². The van der Waals surface area contributed by atoms with Crippen LogP contribution in [0.1, 0.15) is 21.5 Å². The Labute approximate surface area is 156 Å². The van der Waals surface area contributed by atoms with Crippen molar-refractivity contribution in [1.29, 1.82) is 0 Å². The Morgan fingerprint density at radius 3 is 2.37 bits per heavy atom. The molecule has 0 saturated carbocycles. The fraction of sp³-hybridized carbons (Fsp3) is 0.188. The first-order valence-corrected chi connectivity index (χ1v) is 9.42. The number of halogens is 5.